The second-order valence-electron chi connectivity index (χ2n) is 9.15. The topological polar surface area (TPSA) is 58.1 Å². The average molecular weight is 487 g/mol. The van der Waals surface area contributed by atoms with E-state index in [0.29, 0.717) is 30.0 Å². The predicted octanol–water partition coefficient (Wildman–Crippen LogP) is 6.22. The van der Waals surface area contributed by atoms with E-state index in [0.717, 1.165) is 18.2 Å². The second kappa shape index (κ2) is 8.94. The van der Waals surface area contributed by atoms with E-state index in [2.05, 4.69) is 15.3 Å². The number of benzene rings is 1. The molecule has 0 saturated heterocycles. The summed E-state index contributed by atoms with van der Waals surface area (Å²) >= 11 is 0. The Labute approximate surface area is 201 Å². The van der Waals surface area contributed by atoms with Crippen molar-refractivity contribution >= 4 is 11.7 Å². The fourth-order valence-electron chi connectivity index (χ4n) is 4.27. The quantitative estimate of drug-likeness (QED) is 0.420. The molecule has 9 heteroatoms. The number of nitrogens with one attached hydrogen (secondary N) is 1. The number of pyridine rings is 2. The zero-order valence-electron chi connectivity index (χ0n) is 20.1. The van der Waals surface area contributed by atoms with E-state index in [-0.39, 0.29) is 34.0 Å². The molecule has 1 aromatic carbocycles. The molecule has 1 N–H and O–H groups in total. The second-order valence-corrected chi connectivity index (χ2v) is 9.15. The summed E-state index contributed by atoms with van der Waals surface area (Å²) < 4.78 is 59.2. The van der Waals surface area contributed by atoms with Gasteiger partial charge in [0.25, 0.3) is 5.91 Å². The van der Waals surface area contributed by atoms with Gasteiger partial charge >= 0.3 is 0 Å². The van der Waals surface area contributed by atoms with Gasteiger partial charge in [0, 0.05) is 40.6 Å². The first-order valence-corrected chi connectivity index (χ1v) is 11.3. The Morgan fingerprint density at radius 3 is 2.51 bits per heavy atom. The van der Waals surface area contributed by atoms with Crippen LogP contribution < -0.4 is 5.32 Å². The van der Waals surface area contributed by atoms with Crippen molar-refractivity contribution in [2.24, 2.45) is 0 Å². The van der Waals surface area contributed by atoms with Crippen molar-refractivity contribution in [2.75, 3.05) is 11.9 Å². The van der Waals surface area contributed by atoms with Crippen LogP contribution in [0.5, 0.6) is 0 Å². The van der Waals surface area contributed by atoms with Crippen LogP contribution in [0, 0.1) is 24.4 Å². The molecule has 0 unspecified atom stereocenters. The molecule has 184 valence electrons. The largest absolute Gasteiger partial charge is 0.363 e. The highest BCUT2D eigenvalue weighted by molar-refractivity contribution is 5.99. The SMILES string of the molecule is CCN1Cc2c(ccnc2N[C@@H](C)c2cc(F)c(-c3cc(C(C)(C)F)c(F)c(C)n3)cc2F)C1=O. The summed E-state index contributed by atoms with van der Waals surface area (Å²) in [6.45, 7) is 8.17. The van der Waals surface area contributed by atoms with Crippen LogP contribution in [0.3, 0.4) is 0 Å². The standard InChI is InChI=1S/C26H26F4N4O/c1-6-34-12-18-15(25(34)35)7-8-31-24(18)33-13(2)16-9-21(28)17(10-20(16)27)22-11-19(26(4,5)30)23(29)14(3)32-22/h7-11,13H,6,12H2,1-5H3,(H,31,33)/t13-/m0/s1. The number of aryl methyl sites for hydroxylation is 1. The number of fused-ring (bicyclic) bond motifs is 1. The van der Waals surface area contributed by atoms with Crippen LogP contribution in [0.4, 0.5) is 23.4 Å². The maximum atomic E-state index is 15.2. The number of hydrogen-bond acceptors (Lipinski definition) is 4. The fraction of sp³-hybridized carbons (Fsp3) is 0.346. The lowest BCUT2D eigenvalue weighted by Gasteiger charge is -2.20. The Morgan fingerprint density at radius 1 is 1.14 bits per heavy atom. The molecule has 0 spiro atoms. The van der Waals surface area contributed by atoms with Crippen molar-refractivity contribution < 1.29 is 22.4 Å². The van der Waals surface area contributed by atoms with Crippen LogP contribution in [-0.2, 0) is 12.2 Å². The number of hydrogen-bond donors (Lipinski definition) is 1. The number of anilines is 1. The summed E-state index contributed by atoms with van der Waals surface area (Å²) in [6.07, 6.45) is 1.50. The van der Waals surface area contributed by atoms with E-state index in [1.54, 1.807) is 17.9 Å². The molecule has 1 amide bonds. The minimum absolute atomic E-state index is 0.0344. The Balaban J connectivity index is 1.68. The minimum Gasteiger partial charge on any atom is -0.363 e. The van der Waals surface area contributed by atoms with E-state index in [1.165, 1.54) is 27.0 Å². The number of carbonyl (C=O) groups is 1. The molecule has 3 aromatic rings. The van der Waals surface area contributed by atoms with Gasteiger partial charge in [0.05, 0.1) is 24.0 Å². The third kappa shape index (κ3) is 4.47. The van der Waals surface area contributed by atoms with Crippen LogP contribution in [0.2, 0.25) is 0 Å². The van der Waals surface area contributed by atoms with Crippen molar-refractivity contribution in [1.82, 2.24) is 14.9 Å². The molecule has 4 rings (SSSR count). The monoisotopic (exact) mass is 486 g/mol. The lowest BCUT2D eigenvalue weighted by molar-refractivity contribution is 0.0787. The molecular weight excluding hydrogens is 460 g/mol. The molecule has 0 fully saturated rings. The zero-order valence-corrected chi connectivity index (χ0v) is 20.1. The van der Waals surface area contributed by atoms with Crippen molar-refractivity contribution in [3.05, 3.63) is 75.9 Å². The van der Waals surface area contributed by atoms with E-state index in [9.17, 15) is 13.6 Å². The maximum Gasteiger partial charge on any atom is 0.254 e. The molecule has 5 nitrogen and oxygen atoms in total. The first-order chi connectivity index (χ1) is 16.4. The van der Waals surface area contributed by atoms with Crippen LogP contribution in [0.15, 0.2) is 30.5 Å². The van der Waals surface area contributed by atoms with Crippen molar-refractivity contribution in [2.45, 2.75) is 52.9 Å². The number of halogens is 4. The molecule has 1 aliphatic rings. The molecule has 3 heterocycles. The highest BCUT2D eigenvalue weighted by atomic mass is 19.2. The summed E-state index contributed by atoms with van der Waals surface area (Å²) in [5, 5.41) is 3.09. The summed E-state index contributed by atoms with van der Waals surface area (Å²) in [6, 6.07) is 4.07. The third-order valence-corrected chi connectivity index (χ3v) is 6.25. The number of rotatable bonds is 6. The van der Waals surface area contributed by atoms with Crippen LogP contribution in [0.25, 0.3) is 11.3 Å². The number of nitrogens with zero attached hydrogens (tertiary/aromatic N) is 3. The molecular formula is C26H26F4N4O. The Morgan fingerprint density at radius 2 is 1.86 bits per heavy atom. The van der Waals surface area contributed by atoms with Crippen LogP contribution >= 0.6 is 0 Å². The van der Waals surface area contributed by atoms with E-state index in [1.807, 2.05) is 6.92 Å². The number of carbonyl (C=O) groups excluding carboxylic acids is 1. The van der Waals surface area contributed by atoms with Crippen molar-refractivity contribution in [1.29, 1.82) is 0 Å². The lowest BCUT2D eigenvalue weighted by atomic mass is 9.96. The Kier molecular flexibility index (Phi) is 6.29. The predicted molar refractivity (Wildman–Crippen MR) is 125 cm³/mol. The van der Waals surface area contributed by atoms with Gasteiger partial charge in [-0.2, -0.15) is 0 Å². The van der Waals surface area contributed by atoms with Gasteiger partial charge in [-0.1, -0.05) is 0 Å². The summed E-state index contributed by atoms with van der Waals surface area (Å²) in [5.74, 6) is -1.99. The van der Waals surface area contributed by atoms with Gasteiger partial charge in [-0.3, -0.25) is 4.79 Å². The highest BCUT2D eigenvalue weighted by Crippen LogP contribution is 2.35. The molecule has 35 heavy (non-hydrogen) atoms. The minimum atomic E-state index is -2.03. The first kappa shape index (κ1) is 24.6. The van der Waals surface area contributed by atoms with Crippen LogP contribution in [-0.4, -0.2) is 27.3 Å². The van der Waals surface area contributed by atoms with E-state index < -0.39 is 29.2 Å². The number of amides is 1. The normalized spacial score (nSPS) is 14.3. The third-order valence-electron chi connectivity index (χ3n) is 6.25. The molecule has 1 aliphatic heterocycles. The molecule has 2 aromatic heterocycles. The van der Waals surface area contributed by atoms with Gasteiger partial charge < -0.3 is 10.2 Å². The van der Waals surface area contributed by atoms with Crippen molar-refractivity contribution in [3.8, 4) is 11.3 Å². The fourth-order valence-corrected chi connectivity index (χ4v) is 4.27. The van der Waals surface area contributed by atoms with E-state index >= 15 is 8.78 Å². The van der Waals surface area contributed by atoms with Gasteiger partial charge in [0.15, 0.2) is 5.82 Å². The first-order valence-electron chi connectivity index (χ1n) is 11.3. The van der Waals surface area contributed by atoms with Gasteiger partial charge in [-0.15, -0.1) is 0 Å². The van der Waals surface area contributed by atoms with Crippen LogP contribution in [0.1, 0.15) is 66.5 Å². The summed E-state index contributed by atoms with van der Waals surface area (Å²) in [4.78, 5) is 22.4. The van der Waals surface area contributed by atoms with Crippen molar-refractivity contribution in [3.63, 3.8) is 0 Å². The smallest absolute Gasteiger partial charge is 0.254 e. The molecule has 1 atom stereocenters. The molecule has 0 bridgehead atoms. The summed E-state index contributed by atoms with van der Waals surface area (Å²) in [7, 11) is 0. The maximum absolute atomic E-state index is 15.2. The van der Waals surface area contributed by atoms with Gasteiger partial charge in [-0.25, -0.2) is 27.5 Å². The molecule has 0 saturated carbocycles. The van der Waals surface area contributed by atoms with Gasteiger partial charge in [0.1, 0.15) is 23.1 Å². The highest BCUT2D eigenvalue weighted by Gasteiger charge is 2.30. The molecule has 0 radical (unpaired) electrons. The lowest BCUT2D eigenvalue weighted by Crippen LogP contribution is -2.22. The summed E-state index contributed by atoms with van der Waals surface area (Å²) in [5.41, 5.74) is -1.41. The Hall–Kier alpha value is -3.49. The van der Waals surface area contributed by atoms with E-state index in [4.69, 9.17) is 0 Å². The van der Waals surface area contributed by atoms with Gasteiger partial charge in [-0.05, 0) is 58.9 Å². The Bertz CT molecular complexity index is 1320. The molecule has 0 aliphatic carbocycles. The van der Waals surface area contributed by atoms with Gasteiger partial charge in [0.2, 0.25) is 0 Å². The number of aromatic nitrogens is 2. The average Bonchev–Trinajstić information content (AvgIpc) is 3.12. The zero-order chi connectivity index (χ0) is 25.7. The number of alkyl halides is 1.